The molecule has 6 heteroatoms. The van der Waals surface area contributed by atoms with Crippen molar-refractivity contribution < 1.29 is 28.6 Å². The first-order chi connectivity index (χ1) is 25.5. The molecule has 0 aromatic rings. The number of hydrogen-bond acceptors (Lipinski definition) is 6. The topological polar surface area (TPSA) is 78.9 Å². The molecule has 0 N–H and O–H groups in total. The second-order valence-electron chi connectivity index (χ2n) is 13.5. The van der Waals surface area contributed by atoms with Crippen LogP contribution in [-0.4, -0.2) is 37.2 Å². The standard InChI is InChI=1S/C46H76O6/c1-4-7-10-13-15-17-18-19-20-21-22-23-24-25-26-27-28-29-31-33-36-39-45(48)51-42-43(41-50-44(47)38-35-32-12-9-6-3)52-46(49)40-37-34-30-16-14-11-8-5-2/h7,10,15,17,19-20,22-23,25-26,28-29,43H,4-6,8-9,11-14,16,18,21,24,27,30-42H2,1-3H3/b10-7-,17-15-,20-19-,23-22-,26-25-,29-28-. The van der Waals surface area contributed by atoms with Gasteiger partial charge in [0.1, 0.15) is 13.2 Å². The van der Waals surface area contributed by atoms with E-state index in [-0.39, 0.29) is 31.1 Å². The van der Waals surface area contributed by atoms with E-state index in [2.05, 4.69) is 93.7 Å². The van der Waals surface area contributed by atoms with Crippen molar-refractivity contribution in [3.8, 4) is 0 Å². The van der Waals surface area contributed by atoms with Gasteiger partial charge in [0, 0.05) is 19.3 Å². The molecule has 1 atom stereocenters. The molecule has 0 aromatic carbocycles. The number of ether oxygens (including phenoxy) is 3. The zero-order valence-electron chi connectivity index (χ0n) is 33.5. The van der Waals surface area contributed by atoms with Crippen molar-refractivity contribution in [2.24, 2.45) is 0 Å². The minimum Gasteiger partial charge on any atom is -0.462 e. The van der Waals surface area contributed by atoms with Crippen LogP contribution in [0.25, 0.3) is 0 Å². The van der Waals surface area contributed by atoms with E-state index in [0.717, 1.165) is 103 Å². The maximum atomic E-state index is 12.5. The fourth-order valence-electron chi connectivity index (χ4n) is 5.32. The third kappa shape index (κ3) is 38.1. The maximum absolute atomic E-state index is 12.5. The van der Waals surface area contributed by atoms with E-state index in [0.29, 0.717) is 19.3 Å². The minimum atomic E-state index is -0.784. The third-order valence-electron chi connectivity index (χ3n) is 8.48. The largest absolute Gasteiger partial charge is 0.462 e. The molecule has 0 aliphatic heterocycles. The first-order valence-electron chi connectivity index (χ1n) is 20.9. The van der Waals surface area contributed by atoms with E-state index in [1.807, 2.05) is 0 Å². The quantitative estimate of drug-likeness (QED) is 0.0277. The normalized spacial score (nSPS) is 12.8. The van der Waals surface area contributed by atoms with Crippen LogP contribution in [-0.2, 0) is 28.6 Å². The summed E-state index contributed by atoms with van der Waals surface area (Å²) in [5, 5.41) is 0. The van der Waals surface area contributed by atoms with Gasteiger partial charge < -0.3 is 14.2 Å². The first-order valence-corrected chi connectivity index (χ1v) is 20.9. The first kappa shape index (κ1) is 48.9. The van der Waals surface area contributed by atoms with Gasteiger partial charge in [-0.1, -0.05) is 164 Å². The van der Waals surface area contributed by atoms with Gasteiger partial charge in [0.2, 0.25) is 0 Å². The van der Waals surface area contributed by atoms with Crippen molar-refractivity contribution in [1.29, 1.82) is 0 Å². The Hall–Kier alpha value is -3.15. The molecule has 0 radical (unpaired) electrons. The molecule has 6 nitrogen and oxygen atoms in total. The summed E-state index contributed by atoms with van der Waals surface area (Å²) in [6.45, 7) is 6.33. The molecule has 0 spiro atoms. The SMILES string of the molecule is CC/C=C\C/C=C\C/C=C\C/C=C\C/C=C\C/C=C\CCCCC(=O)OCC(COC(=O)CCCCCCC)OC(=O)CCCCCCCCCC. The minimum absolute atomic E-state index is 0.0904. The summed E-state index contributed by atoms with van der Waals surface area (Å²) in [7, 11) is 0. The molecule has 0 amide bonds. The highest BCUT2D eigenvalue weighted by Crippen LogP contribution is 2.12. The van der Waals surface area contributed by atoms with Crippen molar-refractivity contribution in [3.63, 3.8) is 0 Å². The Bertz CT molecular complexity index is 1020. The second kappa shape index (κ2) is 40.6. The summed E-state index contributed by atoms with van der Waals surface area (Å²) in [5.74, 6) is -0.963. The number of unbranched alkanes of at least 4 members (excludes halogenated alkanes) is 13. The number of carbonyl (C=O) groups is 3. The predicted octanol–water partition coefficient (Wildman–Crippen LogP) is 13.1. The Labute approximate surface area is 319 Å². The number of allylic oxidation sites excluding steroid dienone is 12. The van der Waals surface area contributed by atoms with E-state index in [9.17, 15) is 14.4 Å². The molecule has 0 aliphatic rings. The van der Waals surface area contributed by atoms with Crippen molar-refractivity contribution in [2.45, 2.75) is 187 Å². The maximum Gasteiger partial charge on any atom is 0.306 e. The lowest BCUT2D eigenvalue weighted by Gasteiger charge is -2.18. The van der Waals surface area contributed by atoms with E-state index in [1.165, 1.54) is 38.5 Å². The van der Waals surface area contributed by atoms with Crippen LogP contribution in [0, 0.1) is 0 Å². The van der Waals surface area contributed by atoms with Gasteiger partial charge in [-0.3, -0.25) is 14.4 Å². The Morgan fingerprint density at radius 1 is 0.404 bits per heavy atom. The molecule has 0 aromatic heterocycles. The van der Waals surface area contributed by atoms with Gasteiger partial charge in [-0.05, 0) is 70.6 Å². The fourth-order valence-corrected chi connectivity index (χ4v) is 5.32. The number of carbonyl (C=O) groups excluding carboxylic acids is 3. The van der Waals surface area contributed by atoms with Crippen LogP contribution in [0.5, 0.6) is 0 Å². The highest BCUT2D eigenvalue weighted by atomic mass is 16.6. The van der Waals surface area contributed by atoms with E-state index in [4.69, 9.17) is 14.2 Å². The monoisotopic (exact) mass is 725 g/mol. The molecule has 0 fully saturated rings. The van der Waals surface area contributed by atoms with Crippen LogP contribution in [0.2, 0.25) is 0 Å². The lowest BCUT2D eigenvalue weighted by Crippen LogP contribution is -2.30. The molecule has 296 valence electrons. The molecule has 0 saturated heterocycles. The molecule has 1 unspecified atom stereocenters. The van der Waals surface area contributed by atoms with Crippen LogP contribution < -0.4 is 0 Å². The summed E-state index contributed by atoms with van der Waals surface area (Å²) >= 11 is 0. The fraction of sp³-hybridized carbons (Fsp3) is 0.674. The Morgan fingerprint density at radius 3 is 1.17 bits per heavy atom. The van der Waals surface area contributed by atoms with Crippen LogP contribution in [0.3, 0.4) is 0 Å². The van der Waals surface area contributed by atoms with Gasteiger partial charge in [0.05, 0.1) is 0 Å². The average molecular weight is 725 g/mol. The van der Waals surface area contributed by atoms with Gasteiger partial charge in [0.25, 0.3) is 0 Å². The molecular weight excluding hydrogens is 649 g/mol. The number of esters is 3. The number of rotatable bonds is 36. The van der Waals surface area contributed by atoms with Crippen molar-refractivity contribution in [1.82, 2.24) is 0 Å². The Morgan fingerprint density at radius 2 is 0.750 bits per heavy atom. The molecule has 52 heavy (non-hydrogen) atoms. The smallest absolute Gasteiger partial charge is 0.306 e. The van der Waals surface area contributed by atoms with Gasteiger partial charge in [-0.25, -0.2) is 0 Å². The Kier molecular flexibility index (Phi) is 38.2. The van der Waals surface area contributed by atoms with Crippen LogP contribution in [0.4, 0.5) is 0 Å². The molecular formula is C46H76O6. The molecule has 0 bridgehead atoms. The van der Waals surface area contributed by atoms with Crippen molar-refractivity contribution in [2.75, 3.05) is 13.2 Å². The summed E-state index contributed by atoms with van der Waals surface area (Å²) in [6, 6.07) is 0. The lowest BCUT2D eigenvalue weighted by atomic mass is 10.1. The zero-order valence-corrected chi connectivity index (χ0v) is 33.5. The van der Waals surface area contributed by atoms with Crippen LogP contribution >= 0.6 is 0 Å². The van der Waals surface area contributed by atoms with Crippen LogP contribution in [0.1, 0.15) is 181 Å². The third-order valence-corrected chi connectivity index (χ3v) is 8.48. The van der Waals surface area contributed by atoms with Gasteiger partial charge >= 0.3 is 17.9 Å². The van der Waals surface area contributed by atoms with Gasteiger partial charge in [-0.2, -0.15) is 0 Å². The van der Waals surface area contributed by atoms with Crippen molar-refractivity contribution >= 4 is 17.9 Å². The number of hydrogen-bond donors (Lipinski definition) is 0. The lowest BCUT2D eigenvalue weighted by molar-refractivity contribution is -0.167. The highest BCUT2D eigenvalue weighted by molar-refractivity contribution is 5.71. The summed E-state index contributed by atoms with van der Waals surface area (Å²) in [6.07, 6.45) is 49.3. The van der Waals surface area contributed by atoms with E-state index in [1.54, 1.807) is 0 Å². The zero-order chi connectivity index (χ0) is 38.0. The van der Waals surface area contributed by atoms with Gasteiger partial charge in [0.15, 0.2) is 6.10 Å². The van der Waals surface area contributed by atoms with Crippen molar-refractivity contribution in [3.05, 3.63) is 72.9 Å². The summed E-state index contributed by atoms with van der Waals surface area (Å²) in [4.78, 5) is 37.2. The predicted molar refractivity (Wildman–Crippen MR) is 219 cm³/mol. The molecule has 0 aliphatic carbocycles. The van der Waals surface area contributed by atoms with E-state index >= 15 is 0 Å². The van der Waals surface area contributed by atoms with Gasteiger partial charge in [-0.15, -0.1) is 0 Å². The van der Waals surface area contributed by atoms with Crippen LogP contribution in [0.15, 0.2) is 72.9 Å². The molecule has 0 saturated carbocycles. The van der Waals surface area contributed by atoms with E-state index < -0.39 is 6.10 Å². The Balaban J connectivity index is 4.27. The molecule has 0 rings (SSSR count). The second-order valence-corrected chi connectivity index (χ2v) is 13.5. The highest BCUT2D eigenvalue weighted by Gasteiger charge is 2.19. The summed E-state index contributed by atoms with van der Waals surface area (Å²) in [5.41, 5.74) is 0. The average Bonchev–Trinajstić information content (AvgIpc) is 3.14. The molecule has 0 heterocycles. The summed E-state index contributed by atoms with van der Waals surface area (Å²) < 4.78 is 16.5.